The summed E-state index contributed by atoms with van der Waals surface area (Å²) in [6.45, 7) is 0. The van der Waals surface area contributed by atoms with E-state index in [0.717, 1.165) is 0 Å². The zero-order chi connectivity index (χ0) is 48.6. The minimum atomic E-state index is -1.01. The predicted molar refractivity (Wildman–Crippen MR) is 167 cm³/mol. The van der Waals surface area contributed by atoms with Crippen molar-refractivity contribution in [3.63, 3.8) is 0 Å². The number of benzene rings is 7. The van der Waals surface area contributed by atoms with E-state index in [-0.39, 0.29) is 0 Å². The second-order valence-corrected chi connectivity index (χ2v) is 7.88. The molecule has 0 bridgehead atoms. The van der Waals surface area contributed by atoms with Crippen LogP contribution < -0.4 is 5.32 Å². The number of fused-ring (bicyclic) bond motifs is 3. The zero-order valence-corrected chi connectivity index (χ0v) is 19.5. The van der Waals surface area contributed by atoms with Gasteiger partial charge in [0.15, 0.2) is 0 Å². The molecule has 0 fully saturated rings. The smallest absolute Gasteiger partial charge is 0.0645 e. The van der Waals surface area contributed by atoms with E-state index in [1.165, 1.54) is 0 Å². The van der Waals surface area contributed by atoms with Crippen LogP contribution in [0.3, 0.4) is 0 Å². The molecule has 39 heavy (non-hydrogen) atoms. The summed E-state index contributed by atoms with van der Waals surface area (Å²) in [6, 6.07) is -23.5. The zero-order valence-electron chi connectivity index (χ0n) is 45.5. The van der Waals surface area contributed by atoms with Crippen LogP contribution in [-0.2, 0) is 0 Å². The van der Waals surface area contributed by atoms with Gasteiger partial charge < -0.3 is 5.32 Å². The molecule has 7 aromatic carbocycles. The van der Waals surface area contributed by atoms with E-state index < -0.39 is 223 Å². The molecule has 0 heterocycles. The van der Waals surface area contributed by atoms with Gasteiger partial charge in [-0.2, -0.15) is 0 Å². The van der Waals surface area contributed by atoms with E-state index in [0.29, 0.717) is 0 Å². The van der Waals surface area contributed by atoms with Crippen LogP contribution in [0.4, 0.5) is 11.4 Å². The van der Waals surface area contributed by atoms with Gasteiger partial charge in [0, 0.05) is 16.9 Å². The first-order valence-electron chi connectivity index (χ1n) is 24.2. The molecular weight excluding hydrogens is 470 g/mol. The molecule has 0 spiro atoms. The average Bonchev–Trinajstić information content (AvgIpc) is 3.27. The summed E-state index contributed by atoms with van der Waals surface area (Å²) >= 11 is 0. The van der Waals surface area contributed by atoms with Gasteiger partial charge in [-0.15, -0.1) is 0 Å². The summed E-state index contributed by atoms with van der Waals surface area (Å²) in [6.07, 6.45) is 0. The molecule has 0 radical (unpaired) electrons. The van der Waals surface area contributed by atoms with Crippen molar-refractivity contribution in [2.75, 3.05) is 5.32 Å². The molecule has 7 rings (SSSR count). The van der Waals surface area contributed by atoms with Gasteiger partial charge in [0.1, 0.15) is 0 Å². The van der Waals surface area contributed by atoms with Gasteiger partial charge >= 0.3 is 0 Å². The third kappa shape index (κ3) is 4.45. The highest BCUT2D eigenvalue weighted by atomic mass is 14.9. The van der Waals surface area contributed by atoms with Crippen molar-refractivity contribution in [1.29, 1.82) is 0 Å². The maximum Gasteiger partial charge on any atom is 0.0645 e. The molecular formula is C38H27N. The lowest BCUT2D eigenvalue weighted by Crippen LogP contribution is -1.93. The third-order valence-corrected chi connectivity index (χ3v) is 5.56. The topological polar surface area (TPSA) is 12.0 Å². The van der Waals surface area contributed by atoms with E-state index in [4.69, 9.17) is 34.3 Å². The van der Waals surface area contributed by atoms with E-state index in [1.807, 2.05) is 0 Å². The van der Waals surface area contributed by atoms with Gasteiger partial charge in [-0.05, 0) is 73.5 Å². The SMILES string of the molecule is [2H]c1c([2H])c([2H])c(-c2c([2H])c([2H])c(-c3c([2H])c([2H])c([2H])c([2H])c3Nc3c([2H])c([2H])c(-c4c([2H])c5c([2H])c([2H])c([2H])c([2H])c5c5c([2H])c([2H])c([2H])c([2H])c45)c([2H])c3[2H])c([2H])c2[2H])c([2H])c1[2H]. The number of hydrogen-bond donors (Lipinski definition) is 1. The number of anilines is 2. The predicted octanol–water partition coefficient (Wildman–Crippen LogP) is 10.7. The minimum absolute atomic E-state index is 0.471. The summed E-state index contributed by atoms with van der Waals surface area (Å²) in [4.78, 5) is 0. The van der Waals surface area contributed by atoms with Gasteiger partial charge in [-0.25, -0.2) is 0 Å². The second kappa shape index (κ2) is 9.96. The van der Waals surface area contributed by atoms with Crippen molar-refractivity contribution >= 4 is 32.9 Å². The summed E-state index contributed by atoms with van der Waals surface area (Å²) < 4.78 is 225. The highest BCUT2D eigenvalue weighted by Gasteiger charge is 2.10. The Labute approximate surface area is 265 Å². The molecule has 0 saturated heterocycles. The Morgan fingerprint density at radius 1 is 0.385 bits per heavy atom. The molecule has 184 valence electrons. The quantitative estimate of drug-likeness (QED) is 0.221. The Morgan fingerprint density at radius 3 is 1.72 bits per heavy atom. The van der Waals surface area contributed by atoms with Crippen molar-refractivity contribution < 1.29 is 35.6 Å². The lowest BCUT2D eigenvalue weighted by Gasteiger charge is -2.14. The molecule has 0 saturated carbocycles. The fourth-order valence-electron chi connectivity index (χ4n) is 3.81. The van der Waals surface area contributed by atoms with Gasteiger partial charge in [-0.3, -0.25) is 0 Å². The summed E-state index contributed by atoms with van der Waals surface area (Å²) in [5, 5.41) is 0.340. The monoisotopic (exact) mass is 523 g/mol. The fraction of sp³-hybridized carbons (Fsp3) is 0. The van der Waals surface area contributed by atoms with Crippen LogP contribution in [0.1, 0.15) is 35.6 Å². The van der Waals surface area contributed by atoms with E-state index in [1.54, 1.807) is 0 Å². The molecule has 1 heteroatoms. The van der Waals surface area contributed by atoms with E-state index in [2.05, 4.69) is 5.32 Å². The average molecular weight is 524 g/mol. The Balaban J connectivity index is 1.55. The standard InChI is InChI=1S/C38H27N/c1-2-10-27(11-3-1)28-18-20-29(21-19-28)34-14-8-9-17-38(34)39-32-24-22-30(23-25-32)37-26-31-12-4-5-13-33(31)35-15-6-7-16-36(35)37/h1-26,39H/i1D,2D,3D,4D,5D,6D,7D,8D,9D,10D,11D,12D,13D,14D,15D,16D,17D,18D,19D,20D,21D,22D,23D,24D,25D,26D. The van der Waals surface area contributed by atoms with Crippen LogP contribution in [0.2, 0.25) is 0 Å². The summed E-state index contributed by atoms with van der Waals surface area (Å²) in [5.41, 5.74) is -6.05. The lowest BCUT2D eigenvalue weighted by molar-refractivity contribution is 1.53. The lowest BCUT2D eigenvalue weighted by atomic mass is 9.93. The summed E-state index contributed by atoms with van der Waals surface area (Å²) in [5.74, 6) is 0. The van der Waals surface area contributed by atoms with Crippen molar-refractivity contribution in [2.45, 2.75) is 0 Å². The van der Waals surface area contributed by atoms with E-state index in [9.17, 15) is 1.37 Å². The Morgan fingerprint density at radius 2 is 0.923 bits per heavy atom. The van der Waals surface area contributed by atoms with Crippen molar-refractivity contribution in [2.24, 2.45) is 0 Å². The third-order valence-electron chi connectivity index (χ3n) is 5.56. The van der Waals surface area contributed by atoms with Crippen molar-refractivity contribution in [1.82, 2.24) is 0 Å². The van der Waals surface area contributed by atoms with Gasteiger partial charge in [-0.1, -0.05) is 133 Å². The van der Waals surface area contributed by atoms with Crippen LogP contribution in [0, 0.1) is 0 Å². The number of para-hydroxylation sites is 1. The first kappa shape index (κ1) is 8.43. The molecule has 1 nitrogen and oxygen atoms in total. The van der Waals surface area contributed by atoms with Crippen LogP contribution in [-0.4, -0.2) is 0 Å². The largest absolute Gasteiger partial charge is 0.355 e. The Bertz CT molecular complexity index is 3270. The molecule has 0 aliphatic carbocycles. The normalized spacial score (nSPS) is 20.4. The highest BCUT2D eigenvalue weighted by Crippen LogP contribution is 2.36. The molecule has 0 aliphatic rings. The Hall–Kier alpha value is -5.14. The molecule has 0 atom stereocenters. The summed E-state index contributed by atoms with van der Waals surface area (Å²) in [7, 11) is 0. The van der Waals surface area contributed by atoms with Crippen molar-refractivity contribution in [3.05, 3.63) is 157 Å². The number of rotatable bonds is 5. The Kier molecular flexibility index (Phi) is 2.15. The molecule has 0 aliphatic heterocycles. The van der Waals surface area contributed by atoms with Crippen molar-refractivity contribution in [3.8, 4) is 33.4 Å². The van der Waals surface area contributed by atoms with Crippen LogP contribution in [0.5, 0.6) is 0 Å². The molecule has 0 unspecified atom stereocenters. The highest BCUT2D eigenvalue weighted by molar-refractivity contribution is 6.13. The van der Waals surface area contributed by atoms with Gasteiger partial charge in [0.05, 0.1) is 35.6 Å². The van der Waals surface area contributed by atoms with Crippen LogP contribution in [0.25, 0.3) is 54.9 Å². The van der Waals surface area contributed by atoms with Gasteiger partial charge in [0.2, 0.25) is 0 Å². The molecule has 1 N–H and O–H groups in total. The first-order valence-corrected chi connectivity index (χ1v) is 11.2. The number of hydrogen-bond acceptors (Lipinski definition) is 1. The molecule has 7 aromatic rings. The van der Waals surface area contributed by atoms with E-state index >= 15 is 0 Å². The molecule has 0 aromatic heterocycles. The van der Waals surface area contributed by atoms with Crippen LogP contribution >= 0.6 is 0 Å². The van der Waals surface area contributed by atoms with Gasteiger partial charge in [0.25, 0.3) is 0 Å². The fourth-order valence-corrected chi connectivity index (χ4v) is 3.81. The molecule has 0 amide bonds. The second-order valence-electron chi connectivity index (χ2n) is 7.88. The number of nitrogens with one attached hydrogen (secondary N) is 1. The van der Waals surface area contributed by atoms with Crippen LogP contribution in [0.15, 0.2) is 157 Å². The minimum Gasteiger partial charge on any atom is -0.355 e. The maximum atomic E-state index is 9.24. The maximum absolute atomic E-state index is 9.24. The first-order chi connectivity index (χ1) is 30.2.